The summed E-state index contributed by atoms with van der Waals surface area (Å²) in [4.78, 5) is 16.5. The zero-order valence-electron chi connectivity index (χ0n) is 14.7. The fourth-order valence-corrected chi connectivity index (χ4v) is 2.96. The number of ether oxygens (including phenoxy) is 1. The minimum atomic E-state index is -0.0659. The van der Waals surface area contributed by atoms with Crippen LogP contribution in [0.25, 0.3) is 11.1 Å². The van der Waals surface area contributed by atoms with Gasteiger partial charge in [0.1, 0.15) is 5.75 Å². The Balaban J connectivity index is 0.00000169. The molecule has 1 amide bonds. The maximum Gasteiger partial charge on any atom is 0.252 e. The second kappa shape index (κ2) is 11.0. The van der Waals surface area contributed by atoms with E-state index in [0.717, 1.165) is 36.4 Å². The van der Waals surface area contributed by atoms with E-state index in [1.807, 2.05) is 30.3 Å². The Bertz CT molecular complexity index is 689. The first kappa shape index (κ1) is 22.2. The van der Waals surface area contributed by atoms with Crippen LogP contribution in [0.3, 0.4) is 0 Å². The van der Waals surface area contributed by atoms with Crippen molar-refractivity contribution in [3.63, 3.8) is 0 Å². The van der Waals surface area contributed by atoms with E-state index in [0.29, 0.717) is 18.0 Å². The van der Waals surface area contributed by atoms with Crippen molar-refractivity contribution in [3.8, 4) is 16.9 Å². The van der Waals surface area contributed by atoms with Crippen molar-refractivity contribution in [3.05, 3.63) is 48.3 Å². The lowest BCUT2D eigenvalue weighted by molar-refractivity contribution is 0.0951. The van der Waals surface area contributed by atoms with Crippen LogP contribution in [0.1, 0.15) is 23.2 Å². The molecule has 1 aromatic heterocycles. The fraction of sp³-hybridized carbons (Fsp3) is 0.368. The van der Waals surface area contributed by atoms with E-state index >= 15 is 0 Å². The average molecular weight is 398 g/mol. The maximum atomic E-state index is 12.3. The first-order valence-electron chi connectivity index (χ1n) is 8.34. The van der Waals surface area contributed by atoms with Gasteiger partial charge in [0.05, 0.1) is 12.7 Å². The minimum absolute atomic E-state index is 0. The van der Waals surface area contributed by atoms with E-state index in [1.165, 1.54) is 6.42 Å². The van der Waals surface area contributed by atoms with Crippen molar-refractivity contribution >= 4 is 30.7 Å². The summed E-state index contributed by atoms with van der Waals surface area (Å²) in [6, 6.07) is 9.60. The summed E-state index contributed by atoms with van der Waals surface area (Å²) >= 11 is 0. The van der Waals surface area contributed by atoms with Crippen LogP contribution in [-0.4, -0.2) is 37.6 Å². The number of carbonyl (C=O) groups excluding carboxylic acids is 1. The predicted octanol–water partition coefficient (Wildman–Crippen LogP) is 3.33. The number of rotatable bonds is 6. The number of carbonyl (C=O) groups is 1. The van der Waals surface area contributed by atoms with Crippen molar-refractivity contribution in [2.45, 2.75) is 12.8 Å². The molecule has 5 nitrogen and oxygen atoms in total. The number of hydrogen-bond donors (Lipinski definition) is 2. The highest BCUT2D eigenvalue weighted by molar-refractivity contribution is 5.95. The molecule has 1 aliphatic heterocycles. The molecule has 2 aromatic rings. The van der Waals surface area contributed by atoms with Crippen molar-refractivity contribution in [1.82, 2.24) is 15.6 Å². The first-order valence-corrected chi connectivity index (χ1v) is 8.34. The number of aromatic nitrogens is 1. The largest absolute Gasteiger partial charge is 0.497 e. The quantitative estimate of drug-likeness (QED) is 0.784. The number of benzene rings is 1. The molecular weight excluding hydrogens is 373 g/mol. The molecule has 1 aromatic carbocycles. The topological polar surface area (TPSA) is 63.2 Å². The SMILES string of the molecule is COc1ccc(-c2cncc(C(=O)NCCC3CCNC3)c2)cc1.Cl.Cl. The van der Waals surface area contributed by atoms with Gasteiger partial charge in [-0.15, -0.1) is 24.8 Å². The molecule has 1 saturated heterocycles. The van der Waals surface area contributed by atoms with E-state index < -0.39 is 0 Å². The Hall–Kier alpha value is -1.82. The molecule has 7 heteroatoms. The van der Waals surface area contributed by atoms with Gasteiger partial charge in [-0.1, -0.05) is 12.1 Å². The molecular formula is C19H25Cl2N3O2. The molecule has 0 bridgehead atoms. The van der Waals surface area contributed by atoms with Crippen LogP contribution < -0.4 is 15.4 Å². The Morgan fingerprint density at radius 2 is 2.00 bits per heavy atom. The van der Waals surface area contributed by atoms with Crippen LogP contribution in [0.15, 0.2) is 42.7 Å². The molecule has 3 rings (SSSR count). The molecule has 2 N–H and O–H groups in total. The maximum absolute atomic E-state index is 12.3. The fourth-order valence-electron chi connectivity index (χ4n) is 2.96. The van der Waals surface area contributed by atoms with E-state index in [1.54, 1.807) is 19.5 Å². The third kappa shape index (κ3) is 5.87. The van der Waals surface area contributed by atoms with Gasteiger partial charge in [-0.3, -0.25) is 9.78 Å². The predicted molar refractivity (Wildman–Crippen MR) is 109 cm³/mol. The van der Waals surface area contributed by atoms with Crippen molar-refractivity contribution < 1.29 is 9.53 Å². The highest BCUT2D eigenvalue weighted by Gasteiger charge is 2.14. The molecule has 0 spiro atoms. The van der Waals surface area contributed by atoms with E-state index in [-0.39, 0.29) is 30.7 Å². The average Bonchev–Trinajstić information content (AvgIpc) is 3.15. The van der Waals surface area contributed by atoms with Crippen LogP contribution in [-0.2, 0) is 0 Å². The zero-order chi connectivity index (χ0) is 16.8. The lowest BCUT2D eigenvalue weighted by Crippen LogP contribution is -2.26. The number of hydrogen-bond acceptors (Lipinski definition) is 4. The molecule has 0 aliphatic carbocycles. The second-order valence-electron chi connectivity index (χ2n) is 6.09. The molecule has 1 fully saturated rings. The summed E-state index contributed by atoms with van der Waals surface area (Å²) in [6.07, 6.45) is 5.59. The number of nitrogens with zero attached hydrogens (tertiary/aromatic N) is 1. The van der Waals surface area contributed by atoms with Gasteiger partial charge >= 0.3 is 0 Å². The Morgan fingerprint density at radius 1 is 1.23 bits per heavy atom. The van der Waals surface area contributed by atoms with Gasteiger partial charge in [0, 0.05) is 24.5 Å². The van der Waals surface area contributed by atoms with Gasteiger partial charge in [0.25, 0.3) is 5.91 Å². The Labute approximate surface area is 166 Å². The summed E-state index contributed by atoms with van der Waals surface area (Å²) in [6.45, 7) is 2.86. The Kier molecular flexibility index (Phi) is 9.41. The zero-order valence-corrected chi connectivity index (χ0v) is 16.4. The summed E-state index contributed by atoms with van der Waals surface area (Å²) in [5, 5.41) is 6.34. The normalized spacial score (nSPS) is 15.5. The molecule has 1 unspecified atom stereocenters. The van der Waals surface area contributed by atoms with Gasteiger partial charge in [0.15, 0.2) is 0 Å². The monoisotopic (exact) mass is 397 g/mol. The molecule has 142 valence electrons. The number of pyridine rings is 1. The number of amides is 1. The van der Waals surface area contributed by atoms with Gasteiger partial charge in [0.2, 0.25) is 0 Å². The lowest BCUT2D eigenvalue weighted by Gasteiger charge is -2.10. The molecule has 0 radical (unpaired) electrons. The Morgan fingerprint density at radius 3 is 2.65 bits per heavy atom. The summed E-state index contributed by atoms with van der Waals surface area (Å²) in [7, 11) is 1.64. The summed E-state index contributed by atoms with van der Waals surface area (Å²) < 4.78 is 5.17. The molecule has 1 aliphatic rings. The highest BCUT2D eigenvalue weighted by Crippen LogP contribution is 2.22. The standard InChI is InChI=1S/C19H23N3O2.2ClH/c1-24-18-4-2-15(3-5-18)16-10-17(13-21-12-16)19(23)22-9-7-14-6-8-20-11-14;;/h2-5,10,12-14,20H,6-9,11H2,1H3,(H,22,23);2*1H. The van der Waals surface area contributed by atoms with Crippen molar-refractivity contribution in [2.24, 2.45) is 5.92 Å². The van der Waals surface area contributed by atoms with E-state index in [4.69, 9.17) is 4.74 Å². The van der Waals surface area contributed by atoms with Crippen LogP contribution in [0.5, 0.6) is 5.75 Å². The smallest absolute Gasteiger partial charge is 0.252 e. The number of methoxy groups -OCH3 is 1. The summed E-state index contributed by atoms with van der Waals surface area (Å²) in [5.74, 6) is 1.42. The van der Waals surface area contributed by atoms with E-state index in [9.17, 15) is 4.79 Å². The van der Waals surface area contributed by atoms with Gasteiger partial charge < -0.3 is 15.4 Å². The molecule has 0 saturated carbocycles. The third-order valence-corrected chi connectivity index (χ3v) is 4.42. The number of nitrogens with one attached hydrogen (secondary N) is 2. The van der Waals surface area contributed by atoms with Crippen LogP contribution in [0.4, 0.5) is 0 Å². The second-order valence-corrected chi connectivity index (χ2v) is 6.09. The number of halogens is 2. The molecule has 26 heavy (non-hydrogen) atoms. The van der Waals surface area contributed by atoms with E-state index in [2.05, 4.69) is 15.6 Å². The van der Waals surface area contributed by atoms with Crippen molar-refractivity contribution in [1.29, 1.82) is 0 Å². The molecule has 1 atom stereocenters. The summed E-state index contributed by atoms with van der Waals surface area (Å²) in [5.41, 5.74) is 2.52. The van der Waals surface area contributed by atoms with Gasteiger partial charge in [-0.2, -0.15) is 0 Å². The minimum Gasteiger partial charge on any atom is -0.497 e. The first-order chi connectivity index (χ1) is 11.8. The third-order valence-electron chi connectivity index (χ3n) is 4.42. The highest BCUT2D eigenvalue weighted by atomic mass is 35.5. The van der Waals surface area contributed by atoms with Crippen molar-refractivity contribution in [2.75, 3.05) is 26.7 Å². The van der Waals surface area contributed by atoms with Crippen LogP contribution in [0, 0.1) is 5.92 Å². The van der Waals surface area contributed by atoms with Crippen LogP contribution >= 0.6 is 24.8 Å². The van der Waals surface area contributed by atoms with Gasteiger partial charge in [-0.05, 0) is 55.6 Å². The molecule has 2 heterocycles. The van der Waals surface area contributed by atoms with Crippen LogP contribution in [0.2, 0.25) is 0 Å². The van der Waals surface area contributed by atoms with Gasteiger partial charge in [-0.25, -0.2) is 0 Å². The lowest BCUT2D eigenvalue weighted by atomic mass is 10.0.